The number of hydrogen-bond acceptors (Lipinski definition) is 2. The highest BCUT2D eigenvalue weighted by Gasteiger charge is 2.15. The molecule has 0 spiro atoms. The van der Waals surface area contributed by atoms with Gasteiger partial charge in [0.05, 0.1) is 0 Å². The van der Waals surface area contributed by atoms with Crippen LogP contribution < -0.4 is 5.73 Å². The Hall–Kier alpha value is -1.90. The molecule has 0 saturated carbocycles. The zero-order valence-electron chi connectivity index (χ0n) is 13.6. The topological polar surface area (TPSA) is 29.3 Å². The molecule has 0 atom stereocenters. The molecule has 1 heterocycles. The molecule has 1 fully saturated rings. The summed E-state index contributed by atoms with van der Waals surface area (Å²) in [7, 11) is 0. The summed E-state index contributed by atoms with van der Waals surface area (Å²) in [6.45, 7) is 3.25. The molecule has 23 heavy (non-hydrogen) atoms. The zero-order chi connectivity index (χ0) is 15.9. The van der Waals surface area contributed by atoms with Gasteiger partial charge in [-0.2, -0.15) is 0 Å². The molecule has 3 rings (SSSR count). The maximum atomic E-state index is 5.98. The molecular formula is C21H26N2. The van der Waals surface area contributed by atoms with Crippen LogP contribution in [0.1, 0.15) is 29.9 Å². The van der Waals surface area contributed by atoms with Crippen LogP contribution in [0, 0.1) is 0 Å². The van der Waals surface area contributed by atoms with E-state index in [0.717, 1.165) is 32.5 Å². The average molecular weight is 306 g/mol. The van der Waals surface area contributed by atoms with Crippen molar-refractivity contribution < 1.29 is 0 Å². The molecule has 2 aromatic rings. The molecule has 2 nitrogen and oxygen atoms in total. The molecule has 2 aromatic carbocycles. The summed E-state index contributed by atoms with van der Waals surface area (Å²) in [6, 6.07) is 21.9. The summed E-state index contributed by atoms with van der Waals surface area (Å²) in [5.41, 5.74) is 8.67. The van der Waals surface area contributed by atoms with E-state index in [2.05, 4.69) is 77.7 Å². The lowest BCUT2D eigenvalue weighted by atomic mass is 9.91. The van der Waals surface area contributed by atoms with Gasteiger partial charge in [-0.05, 0) is 37.1 Å². The lowest BCUT2D eigenvalue weighted by molar-refractivity contribution is 0.233. The molecule has 0 radical (unpaired) electrons. The Kier molecular flexibility index (Phi) is 5.62. The Morgan fingerprint density at radius 1 is 0.913 bits per heavy atom. The second-order valence-electron chi connectivity index (χ2n) is 6.37. The number of nitrogens with zero attached hydrogens (tertiary/aromatic N) is 1. The molecule has 1 saturated heterocycles. The van der Waals surface area contributed by atoms with Gasteiger partial charge in [0.1, 0.15) is 0 Å². The molecule has 2 heteroatoms. The predicted octanol–water partition coefficient (Wildman–Crippen LogP) is 3.80. The first-order chi connectivity index (χ1) is 11.3. The quantitative estimate of drug-likeness (QED) is 0.851. The summed E-state index contributed by atoms with van der Waals surface area (Å²) in [5.74, 6) is 0.324. The number of rotatable bonds is 5. The normalized spacial score (nSPS) is 17.1. The van der Waals surface area contributed by atoms with Gasteiger partial charge in [0.25, 0.3) is 0 Å². The Morgan fingerprint density at radius 3 is 1.96 bits per heavy atom. The monoisotopic (exact) mass is 306 g/mol. The third kappa shape index (κ3) is 4.54. The van der Waals surface area contributed by atoms with Gasteiger partial charge in [-0.3, -0.25) is 4.90 Å². The minimum absolute atomic E-state index is 0.324. The number of piperidine rings is 1. The minimum atomic E-state index is 0.324. The van der Waals surface area contributed by atoms with Crippen molar-refractivity contribution in [1.29, 1.82) is 0 Å². The van der Waals surface area contributed by atoms with E-state index in [4.69, 9.17) is 5.73 Å². The summed E-state index contributed by atoms with van der Waals surface area (Å²) in [6.07, 6.45) is 6.91. The van der Waals surface area contributed by atoms with Gasteiger partial charge in [0.2, 0.25) is 0 Å². The molecule has 1 aliphatic heterocycles. The van der Waals surface area contributed by atoms with E-state index in [1.807, 2.05) is 0 Å². The van der Waals surface area contributed by atoms with Crippen LogP contribution in [-0.4, -0.2) is 30.6 Å². The Morgan fingerprint density at radius 2 is 1.43 bits per heavy atom. The summed E-state index contributed by atoms with van der Waals surface area (Å²) in [4.78, 5) is 2.49. The highest BCUT2D eigenvalue weighted by molar-refractivity contribution is 5.36. The van der Waals surface area contributed by atoms with Gasteiger partial charge >= 0.3 is 0 Å². The first-order valence-corrected chi connectivity index (χ1v) is 8.57. The second kappa shape index (κ2) is 8.09. The van der Waals surface area contributed by atoms with Gasteiger partial charge in [-0.15, -0.1) is 0 Å². The summed E-state index contributed by atoms with van der Waals surface area (Å²) in [5, 5.41) is 0. The third-order valence-electron chi connectivity index (χ3n) is 4.64. The molecule has 0 bridgehead atoms. The third-order valence-corrected chi connectivity index (χ3v) is 4.64. The van der Waals surface area contributed by atoms with E-state index in [1.165, 1.54) is 11.1 Å². The van der Waals surface area contributed by atoms with Crippen LogP contribution in [0.4, 0.5) is 0 Å². The average Bonchev–Trinajstić information content (AvgIpc) is 2.62. The smallest absolute Gasteiger partial charge is 0.0270 e. The van der Waals surface area contributed by atoms with E-state index in [0.29, 0.717) is 12.0 Å². The molecule has 0 aromatic heterocycles. The van der Waals surface area contributed by atoms with Crippen LogP contribution in [0.2, 0.25) is 0 Å². The molecule has 120 valence electrons. The van der Waals surface area contributed by atoms with E-state index in [-0.39, 0.29) is 0 Å². The fourth-order valence-corrected chi connectivity index (χ4v) is 3.22. The SMILES string of the molecule is NC1CCN(CC=CC(c2ccccc2)c2ccccc2)CC1. The van der Waals surface area contributed by atoms with Crippen LogP contribution in [0.25, 0.3) is 0 Å². The highest BCUT2D eigenvalue weighted by Crippen LogP contribution is 2.25. The van der Waals surface area contributed by atoms with Crippen molar-refractivity contribution in [1.82, 2.24) is 4.90 Å². The first-order valence-electron chi connectivity index (χ1n) is 8.57. The van der Waals surface area contributed by atoms with E-state index >= 15 is 0 Å². The zero-order valence-corrected chi connectivity index (χ0v) is 13.6. The van der Waals surface area contributed by atoms with Crippen molar-refractivity contribution in [2.24, 2.45) is 5.73 Å². The number of allylic oxidation sites excluding steroid dienone is 1. The maximum absolute atomic E-state index is 5.98. The largest absolute Gasteiger partial charge is 0.328 e. The van der Waals surface area contributed by atoms with Gasteiger partial charge in [-0.25, -0.2) is 0 Å². The predicted molar refractivity (Wildman–Crippen MR) is 97.5 cm³/mol. The van der Waals surface area contributed by atoms with Gasteiger partial charge in [-0.1, -0.05) is 72.8 Å². The number of nitrogens with two attached hydrogens (primary N) is 1. The Labute approximate surface area is 139 Å². The van der Waals surface area contributed by atoms with Crippen LogP contribution in [-0.2, 0) is 0 Å². The molecule has 0 amide bonds. The number of likely N-dealkylation sites (tertiary alicyclic amines) is 1. The van der Waals surface area contributed by atoms with Crippen molar-refractivity contribution in [2.45, 2.75) is 24.8 Å². The fourth-order valence-electron chi connectivity index (χ4n) is 3.22. The standard InChI is InChI=1S/C21H26N2/c22-20-13-16-23(17-14-20)15-7-12-21(18-8-3-1-4-9-18)19-10-5-2-6-11-19/h1-12,20-21H,13-17,22H2. The maximum Gasteiger partial charge on any atom is 0.0270 e. The molecule has 0 aliphatic carbocycles. The molecule has 0 unspecified atom stereocenters. The lowest BCUT2D eigenvalue weighted by Gasteiger charge is -2.29. The summed E-state index contributed by atoms with van der Waals surface area (Å²) >= 11 is 0. The van der Waals surface area contributed by atoms with E-state index < -0.39 is 0 Å². The van der Waals surface area contributed by atoms with Crippen LogP contribution >= 0.6 is 0 Å². The van der Waals surface area contributed by atoms with Crippen LogP contribution in [0.15, 0.2) is 72.8 Å². The van der Waals surface area contributed by atoms with E-state index in [9.17, 15) is 0 Å². The second-order valence-corrected chi connectivity index (χ2v) is 6.37. The van der Waals surface area contributed by atoms with E-state index in [1.54, 1.807) is 0 Å². The number of benzene rings is 2. The molecule has 1 aliphatic rings. The molecular weight excluding hydrogens is 280 g/mol. The van der Waals surface area contributed by atoms with Gasteiger partial charge < -0.3 is 5.73 Å². The van der Waals surface area contributed by atoms with Gasteiger partial charge in [0.15, 0.2) is 0 Å². The van der Waals surface area contributed by atoms with Crippen molar-refractivity contribution in [3.05, 3.63) is 83.9 Å². The first kappa shape index (κ1) is 16.0. The van der Waals surface area contributed by atoms with Crippen molar-refractivity contribution in [3.63, 3.8) is 0 Å². The Balaban J connectivity index is 1.70. The lowest BCUT2D eigenvalue weighted by Crippen LogP contribution is -2.39. The van der Waals surface area contributed by atoms with Crippen LogP contribution in [0.5, 0.6) is 0 Å². The van der Waals surface area contributed by atoms with Crippen molar-refractivity contribution in [3.8, 4) is 0 Å². The number of hydrogen-bond donors (Lipinski definition) is 1. The van der Waals surface area contributed by atoms with Crippen LogP contribution in [0.3, 0.4) is 0 Å². The van der Waals surface area contributed by atoms with Crippen molar-refractivity contribution in [2.75, 3.05) is 19.6 Å². The molecule has 2 N–H and O–H groups in total. The highest BCUT2D eigenvalue weighted by atomic mass is 15.1. The Bertz CT molecular complexity index is 559. The van der Waals surface area contributed by atoms with Gasteiger partial charge in [0, 0.05) is 18.5 Å². The fraction of sp³-hybridized carbons (Fsp3) is 0.333. The summed E-state index contributed by atoms with van der Waals surface area (Å²) < 4.78 is 0. The van der Waals surface area contributed by atoms with Crippen molar-refractivity contribution >= 4 is 0 Å². The minimum Gasteiger partial charge on any atom is -0.328 e.